The largest absolute Gasteiger partial charge is 0.476 e. The van der Waals surface area contributed by atoms with Gasteiger partial charge >= 0.3 is 5.97 Å². The van der Waals surface area contributed by atoms with Crippen LogP contribution in [0.25, 0.3) is 0 Å². The van der Waals surface area contributed by atoms with E-state index >= 15 is 0 Å². The van der Waals surface area contributed by atoms with Crippen LogP contribution in [0.15, 0.2) is 12.1 Å². The van der Waals surface area contributed by atoms with Crippen molar-refractivity contribution >= 4 is 11.8 Å². The summed E-state index contributed by atoms with van der Waals surface area (Å²) in [6, 6.07) is 3.81. The van der Waals surface area contributed by atoms with Crippen molar-refractivity contribution in [3.05, 3.63) is 17.8 Å². The second-order valence-electron chi connectivity index (χ2n) is 4.12. The molecular weight excluding hydrogens is 220 g/mol. The number of hydrogen-bond acceptors (Lipinski definition) is 5. The Morgan fingerprint density at radius 2 is 2.18 bits per heavy atom. The number of aromatic carboxylic acids is 1. The Morgan fingerprint density at radius 3 is 2.76 bits per heavy atom. The number of nitrogens with one attached hydrogen (secondary N) is 2. The van der Waals surface area contributed by atoms with E-state index in [9.17, 15) is 4.79 Å². The number of carboxylic acid groups (broad SMARTS) is 1. The predicted octanol–water partition coefficient (Wildman–Crippen LogP) is 0.729. The van der Waals surface area contributed by atoms with Crippen LogP contribution in [-0.2, 0) is 0 Å². The van der Waals surface area contributed by atoms with Crippen LogP contribution in [0.2, 0.25) is 0 Å². The first-order valence-corrected chi connectivity index (χ1v) is 5.80. The minimum Gasteiger partial charge on any atom is -0.476 e. The molecule has 0 aromatic carbocycles. The first kappa shape index (κ1) is 11.8. The fourth-order valence-electron chi connectivity index (χ4n) is 1.44. The Kier molecular flexibility index (Phi) is 3.87. The van der Waals surface area contributed by atoms with E-state index in [1.54, 1.807) is 6.07 Å². The van der Waals surface area contributed by atoms with Crippen molar-refractivity contribution in [2.75, 3.05) is 18.4 Å². The van der Waals surface area contributed by atoms with Crippen LogP contribution >= 0.6 is 0 Å². The third-order valence-corrected chi connectivity index (χ3v) is 2.55. The van der Waals surface area contributed by atoms with Crippen LogP contribution in [0.4, 0.5) is 5.82 Å². The maximum absolute atomic E-state index is 10.5. The normalized spacial score (nSPS) is 14.6. The van der Waals surface area contributed by atoms with Crippen LogP contribution in [0.1, 0.15) is 29.8 Å². The lowest BCUT2D eigenvalue weighted by molar-refractivity contribution is 0.0689. The summed E-state index contributed by atoms with van der Waals surface area (Å²) >= 11 is 0. The number of nitrogens with zero attached hydrogens (tertiary/aromatic N) is 2. The fraction of sp³-hybridized carbons (Fsp3) is 0.545. The highest BCUT2D eigenvalue weighted by Gasteiger charge is 2.19. The van der Waals surface area contributed by atoms with Gasteiger partial charge in [-0.2, -0.15) is 0 Å². The van der Waals surface area contributed by atoms with Gasteiger partial charge in [0.15, 0.2) is 5.69 Å². The molecule has 2 rings (SSSR count). The maximum atomic E-state index is 10.5. The van der Waals surface area contributed by atoms with E-state index in [1.165, 1.54) is 18.9 Å². The molecule has 6 heteroatoms. The highest BCUT2D eigenvalue weighted by molar-refractivity contribution is 5.85. The van der Waals surface area contributed by atoms with Crippen molar-refractivity contribution < 1.29 is 9.90 Å². The van der Waals surface area contributed by atoms with Gasteiger partial charge in [-0.1, -0.05) is 0 Å². The molecule has 92 valence electrons. The predicted molar refractivity (Wildman–Crippen MR) is 63.1 cm³/mol. The second-order valence-corrected chi connectivity index (χ2v) is 4.12. The van der Waals surface area contributed by atoms with Gasteiger partial charge in [-0.25, -0.2) is 4.79 Å². The monoisotopic (exact) mass is 236 g/mol. The Hall–Kier alpha value is -1.69. The zero-order valence-electron chi connectivity index (χ0n) is 9.52. The van der Waals surface area contributed by atoms with Gasteiger partial charge in [0, 0.05) is 12.6 Å². The molecule has 1 aliphatic carbocycles. The van der Waals surface area contributed by atoms with Gasteiger partial charge in [0.2, 0.25) is 0 Å². The zero-order valence-corrected chi connectivity index (χ0v) is 9.52. The number of rotatable bonds is 7. The lowest BCUT2D eigenvalue weighted by Crippen LogP contribution is -2.20. The molecule has 0 aliphatic heterocycles. The van der Waals surface area contributed by atoms with Gasteiger partial charge in [0.1, 0.15) is 5.82 Å². The topological polar surface area (TPSA) is 87.1 Å². The van der Waals surface area contributed by atoms with Gasteiger partial charge in [0.05, 0.1) is 0 Å². The van der Waals surface area contributed by atoms with Gasteiger partial charge in [0.25, 0.3) is 0 Å². The first-order valence-electron chi connectivity index (χ1n) is 5.80. The number of anilines is 1. The Labute approximate surface area is 99.4 Å². The molecule has 0 bridgehead atoms. The lowest BCUT2D eigenvalue weighted by Gasteiger charge is -2.05. The molecular formula is C11H16N4O2. The van der Waals surface area contributed by atoms with Crippen LogP contribution in [0, 0.1) is 0 Å². The SMILES string of the molecule is O=C(O)c1ccc(NCCCNC2CC2)nn1. The minimum absolute atomic E-state index is 0.0362. The van der Waals surface area contributed by atoms with E-state index in [0.29, 0.717) is 5.82 Å². The summed E-state index contributed by atoms with van der Waals surface area (Å²) in [4.78, 5) is 10.5. The molecule has 17 heavy (non-hydrogen) atoms. The zero-order chi connectivity index (χ0) is 12.1. The molecule has 1 heterocycles. The molecule has 0 radical (unpaired) electrons. The summed E-state index contributed by atoms with van der Waals surface area (Å²) in [5, 5.41) is 22.5. The smallest absolute Gasteiger partial charge is 0.356 e. The summed E-state index contributed by atoms with van der Waals surface area (Å²) in [7, 11) is 0. The van der Waals surface area contributed by atoms with Gasteiger partial charge in [-0.05, 0) is 37.9 Å². The maximum Gasteiger partial charge on any atom is 0.356 e. The molecule has 1 fully saturated rings. The Balaban J connectivity index is 1.65. The first-order chi connectivity index (χ1) is 8.25. The lowest BCUT2D eigenvalue weighted by atomic mass is 10.3. The van der Waals surface area contributed by atoms with E-state index in [-0.39, 0.29) is 5.69 Å². The summed E-state index contributed by atoms with van der Waals surface area (Å²) in [6.45, 7) is 1.80. The fourth-order valence-corrected chi connectivity index (χ4v) is 1.44. The van der Waals surface area contributed by atoms with Crippen LogP contribution in [0.5, 0.6) is 0 Å². The molecule has 0 spiro atoms. The van der Waals surface area contributed by atoms with Crippen LogP contribution < -0.4 is 10.6 Å². The molecule has 0 unspecified atom stereocenters. The molecule has 1 aliphatic rings. The van der Waals surface area contributed by atoms with E-state index in [0.717, 1.165) is 25.6 Å². The Bertz CT molecular complexity index is 376. The average molecular weight is 236 g/mol. The van der Waals surface area contributed by atoms with Crippen molar-refractivity contribution in [1.82, 2.24) is 15.5 Å². The highest BCUT2D eigenvalue weighted by atomic mass is 16.4. The third kappa shape index (κ3) is 3.99. The van der Waals surface area contributed by atoms with Crippen molar-refractivity contribution in [1.29, 1.82) is 0 Å². The second kappa shape index (κ2) is 5.58. The molecule has 3 N–H and O–H groups in total. The molecule has 6 nitrogen and oxygen atoms in total. The summed E-state index contributed by atoms with van der Waals surface area (Å²) < 4.78 is 0. The summed E-state index contributed by atoms with van der Waals surface area (Å²) in [5.41, 5.74) is -0.0362. The van der Waals surface area contributed by atoms with Crippen molar-refractivity contribution in [2.45, 2.75) is 25.3 Å². The molecule has 0 atom stereocenters. The van der Waals surface area contributed by atoms with Crippen LogP contribution in [0.3, 0.4) is 0 Å². The molecule has 1 saturated carbocycles. The van der Waals surface area contributed by atoms with E-state index in [1.807, 2.05) is 0 Å². The van der Waals surface area contributed by atoms with Crippen molar-refractivity contribution in [2.24, 2.45) is 0 Å². The quantitative estimate of drug-likeness (QED) is 0.605. The van der Waals surface area contributed by atoms with Gasteiger partial charge < -0.3 is 15.7 Å². The Morgan fingerprint density at radius 1 is 1.35 bits per heavy atom. The number of hydrogen-bond donors (Lipinski definition) is 3. The number of carbonyl (C=O) groups is 1. The highest BCUT2D eigenvalue weighted by Crippen LogP contribution is 2.18. The summed E-state index contributed by atoms with van der Waals surface area (Å²) in [6.07, 6.45) is 3.62. The summed E-state index contributed by atoms with van der Waals surface area (Å²) in [5.74, 6) is -0.445. The average Bonchev–Trinajstić information content (AvgIpc) is 3.13. The standard InChI is InChI=1S/C11H16N4O2/c16-11(17)9-4-5-10(15-14-9)13-7-1-6-12-8-2-3-8/h4-5,8,12H,1-3,6-7H2,(H,13,15)(H,16,17). The van der Waals surface area contributed by atoms with Crippen molar-refractivity contribution in [3.8, 4) is 0 Å². The third-order valence-electron chi connectivity index (χ3n) is 2.55. The molecule has 0 amide bonds. The van der Waals surface area contributed by atoms with E-state index in [4.69, 9.17) is 5.11 Å². The number of carboxylic acids is 1. The van der Waals surface area contributed by atoms with Crippen LogP contribution in [-0.4, -0.2) is 40.4 Å². The molecule has 1 aromatic rings. The van der Waals surface area contributed by atoms with E-state index in [2.05, 4.69) is 20.8 Å². The minimum atomic E-state index is -1.06. The van der Waals surface area contributed by atoms with E-state index < -0.39 is 5.97 Å². The van der Waals surface area contributed by atoms with Crippen molar-refractivity contribution in [3.63, 3.8) is 0 Å². The number of aromatic nitrogens is 2. The molecule has 0 saturated heterocycles. The van der Waals surface area contributed by atoms with Gasteiger partial charge in [-0.3, -0.25) is 0 Å². The molecule has 1 aromatic heterocycles. The van der Waals surface area contributed by atoms with Gasteiger partial charge in [-0.15, -0.1) is 10.2 Å².